The summed E-state index contributed by atoms with van der Waals surface area (Å²) >= 11 is 0. The first-order valence-corrected chi connectivity index (χ1v) is 8.13. The van der Waals surface area contributed by atoms with Crippen LogP contribution in [0.15, 0.2) is 18.2 Å². The Balaban J connectivity index is 1.61. The summed E-state index contributed by atoms with van der Waals surface area (Å²) in [7, 11) is 0. The average molecular weight is 299 g/mol. The molecule has 2 heterocycles. The van der Waals surface area contributed by atoms with Crippen LogP contribution in [0.2, 0.25) is 0 Å². The molecular formula is C16H21N5O. The largest absolute Gasteiger partial charge is 0.328 e. The molecule has 3 N–H and O–H groups in total. The molecule has 0 atom stereocenters. The Labute approximate surface area is 129 Å². The second-order valence-corrected chi connectivity index (χ2v) is 6.53. The van der Waals surface area contributed by atoms with Crippen LogP contribution in [0.5, 0.6) is 0 Å². The fourth-order valence-electron chi connectivity index (χ4n) is 3.26. The molecule has 6 heteroatoms. The van der Waals surface area contributed by atoms with Crippen molar-refractivity contribution in [3.63, 3.8) is 0 Å². The predicted molar refractivity (Wildman–Crippen MR) is 83.5 cm³/mol. The topological polar surface area (TPSA) is 85.3 Å². The standard InChI is InChI=1S/C16H21N5O/c17-12-8-6-10(7-9-12)13-2-1-3-14-18-16(20-21(13)14)19-15(22)11-4-5-11/h1-3,10-12H,4-9,17H2,(H,19,20,22). The van der Waals surface area contributed by atoms with E-state index in [1.807, 2.05) is 16.6 Å². The third kappa shape index (κ3) is 2.59. The lowest BCUT2D eigenvalue weighted by Gasteiger charge is -2.26. The molecule has 0 aromatic carbocycles. The number of carbonyl (C=O) groups is 1. The number of aromatic nitrogens is 3. The minimum atomic E-state index is 0.0427. The van der Waals surface area contributed by atoms with Crippen LogP contribution < -0.4 is 11.1 Å². The van der Waals surface area contributed by atoms with Crippen molar-refractivity contribution in [3.05, 3.63) is 23.9 Å². The van der Waals surface area contributed by atoms with E-state index < -0.39 is 0 Å². The average Bonchev–Trinajstić information content (AvgIpc) is 3.28. The van der Waals surface area contributed by atoms with Gasteiger partial charge in [-0.3, -0.25) is 10.1 Å². The van der Waals surface area contributed by atoms with Gasteiger partial charge in [-0.25, -0.2) is 4.52 Å². The summed E-state index contributed by atoms with van der Waals surface area (Å²) in [5.74, 6) is 1.08. The van der Waals surface area contributed by atoms with Crippen LogP contribution in [-0.4, -0.2) is 26.5 Å². The molecule has 6 nitrogen and oxygen atoms in total. The predicted octanol–water partition coefficient (Wildman–Crippen LogP) is 2.06. The molecular weight excluding hydrogens is 278 g/mol. The smallest absolute Gasteiger partial charge is 0.249 e. The molecule has 0 unspecified atom stereocenters. The van der Waals surface area contributed by atoms with Crippen molar-refractivity contribution >= 4 is 17.5 Å². The van der Waals surface area contributed by atoms with E-state index in [1.54, 1.807) is 0 Å². The Hall–Kier alpha value is -1.95. The van der Waals surface area contributed by atoms with Gasteiger partial charge in [-0.05, 0) is 50.7 Å². The van der Waals surface area contributed by atoms with E-state index in [2.05, 4.69) is 21.5 Å². The van der Waals surface area contributed by atoms with Gasteiger partial charge >= 0.3 is 0 Å². The summed E-state index contributed by atoms with van der Waals surface area (Å²) in [5, 5.41) is 7.33. The van der Waals surface area contributed by atoms with Crippen molar-refractivity contribution in [1.29, 1.82) is 0 Å². The Morgan fingerprint density at radius 3 is 2.68 bits per heavy atom. The number of amides is 1. The lowest BCUT2D eigenvalue weighted by molar-refractivity contribution is -0.117. The number of rotatable bonds is 3. The number of nitrogens with one attached hydrogen (secondary N) is 1. The Morgan fingerprint density at radius 2 is 1.95 bits per heavy atom. The van der Waals surface area contributed by atoms with Crippen molar-refractivity contribution in [2.45, 2.75) is 50.5 Å². The molecule has 2 aromatic rings. The fourth-order valence-corrected chi connectivity index (χ4v) is 3.26. The maximum atomic E-state index is 11.9. The number of pyridine rings is 1. The molecule has 2 aromatic heterocycles. The van der Waals surface area contributed by atoms with Gasteiger partial charge in [0.25, 0.3) is 0 Å². The van der Waals surface area contributed by atoms with E-state index in [0.29, 0.717) is 17.9 Å². The van der Waals surface area contributed by atoms with Crippen LogP contribution in [-0.2, 0) is 4.79 Å². The van der Waals surface area contributed by atoms with Gasteiger partial charge in [0, 0.05) is 23.6 Å². The maximum Gasteiger partial charge on any atom is 0.249 e. The molecule has 1 amide bonds. The second-order valence-electron chi connectivity index (χ2n) is 6.53. The lowest BCUT2D eigenvalue weighted by Crippen LogP contribution is -2.26. The number of nitrogens with two attached hydrogens (primary N) is 1. The van der Waals surface area contributed by atoms with E-state index in [9.17, 15) is 4.79 Å². The normalized spacial score (nSPS) is 25.3. The molecule has 2 saturated carbocycles. The number of fused-ring (bicyclic) bond motifs is 1. The quantitative estimate of drug-likeness (QED) is 0.908. The Bertz CT molecular complexity index is 698. The van der Waals surface area contributed by atoms with Crippen molar-refractivity contribution in [2.24, 2.45) is 11.7 Å². The van der Waals surface area contributed by atoms with Crippen LogP contribution in [0.1, 0.15) is 50.1 Å². The van der Waals surface area contributed by atoms with E-state index >= 15 is 0 Å². The Morgan fingerprint density at radius 1 is 1.18 bits per heavy atom. The van der Waals surface area contributed by atoms with Gasteiger partial charge in [0.15, 0.2) is 5.65 Å². The van der Waals surface area contributed by atoms with Crippen LogP contribution in [0.3, 0.4) is 0 Å². The highest BCUT2D eigenvalue weighted by atomic mass is 16.2. The van der Waals surface area contributed by atoms with Crippen LogP contribution in [0.4, 0.5) is 5.95 Å². The monoisotopic (exact) mass is 299 g/mol. The van der Waals surface area contributed by atoms with Crippen LogP contribution >= 0.6 is 0 Å². The first-order valence-electron chi connectivity index (χ1n) is 8.13. The molecule has 0 aliphatic heterocycles. The number of hydrogen-bond acceptors (Lipinski definition) is 4. The van der Waals surface area contributed by atoms with Crippen LogP contribution in [0, 0.1) is 5.92 Å². The highest BCUT2D eigenvalue weighted by Gasteiger charge is 2.30. The molecule has 0 saturated heterocycles. The SMILES string of the molecule is NC1CCC(c2cccc3nc(NC(=O)C4CC4)nn23)CC1. The van der Waals surface area contributed by atoms with E-state index in [0.717, 1.165) is 44.2 Å². The Kier molecular flexibility index (Phi) is 3.33. The molecule has 116 valence electrons. The fraction of sp³-hybridized carbons (Fsp3) is 0.562. The van der Waals surface area contributed by atoms with Crippen molar-refractivity contribution in [2.75, 3.05) is 5.32 Å². The van der Waals surface area contributed by atoms with Gasteiger partial charge in [0.2, 0.25) is 11.9 Å². The first-order chi connectivity index (χ1) is 10.7. The number of nitrogens with zero attached hydrogens (tertiary/aromatic N) is 3. The maximum absolute atomic E-state index is 11.9. The molecule has 4 rings (SSSR count). The van der Waals surface area contributed by atoms with Gasteiger partial charge in [0.05, 0.1) is 0 Å². The molecule has 2 aliphatic carbocycles. The lowest BCUT2D eigenvalue weighted by atomic mass is 9.84. The van der Waals surface area contributed by atoms with Crippen molar-refractivity contribution in [3.8, 4) is 0 Å². The number of hydrogen-bond donors (Lipinski definition) is 2. The van der Waals surface area contributed by atoms with Crippen LogP contribution in [0.25, 0.3) is 5.65 Å². The summed E-state index contributed by atoms with van der Waals surface area (Å²) in [4.78, 5) is 16.3. The van der Waals surface area contributed by atoms with E-state index in [1.165, 1.54) is 5.69 Å². The highest BCUT2D eigenvalue weighted by Crippen LogP contribution is 2.33. The van der Waals surface area contributed by atoms with Crippen molar-refractivity contribution < 1.29 is 4.79 Å². The number of carbonyl (C=O) groups excluding carboxylic acids is 1. The zero-order valence-corrected chi connectivity index (χ0v) is 12.5. The zero-order chi connectivity index (χ0) is 15.1. The van der Waals surface area contributed by atoms with Crippen molar-refractivity contribution in [1.82, 2.24) is 14.6 Å². The van der Waals surface area contributed by atoms with Gasteiger partial charge in [0.1, 0.15) is 0 Å². The van der Waals surface area contributed by atoms with E-state index in [-0.39, 0.29) is 11.8 Å². The third-order valence-electron chi connectivity index (χ3n) is 4.76. The van der Waals surface area contributed by atoms with Gasteiger partial charge in [-0.15, -0.1) is 5.10 Å². The summed E-state index contributed by atoms with van der Waals surface area (Å²) in [6.07, 6.45) is 6.25. The minimum Gasteiger partial charge on any atom is -0.328 e. The molecule has 0 spiro atoms. The third-order valence-corrected chi connectivity index (χ3v) is 4.76. The molecule has 0 radical (unpaired) electrons. The first kappa shape index (κ1) is 13.7. The van der Waals surface area contributed by atoms with Gasteiger partial charge in [-0.1, -0.05) is 6.07 Å². The highest BCUT2D eigenvalue weighted by molar-refractivity contribution is 5.92. The molecule has 2 aliphatic rings. The zero-order valence-electron chi connectivity index (χ0n) is 12.5. The summed E-state index contributed by atoms with van der Waals surface area (Å²) in [6, 6.07) is 6.38. The second kappa shape index (κ2) is 5.35. The summed E-state index contributed by atoms with van der Waals surface area (Å²) in [5.41, 5.74) is 7.96. The van der Waals surface area contributed by atoms with Gasteiger partial charge in [-0.2, -0.15) is 4.98 Å². The molecule has 22 heavy (non-hydrogen) atoms. The summed E-state index contributed by atoms with van der Waals surface area (Å²) < 4.78 is 1.88. The van der Waals surface area contributed by atoms with Gasteiger partial charge < -0.3 is 5.73 Å². The van der Waals surface area contributed by atoms with E-state index in [4.69, 9.17) is 5.73 Å². The minimum absolute atomic E-state index is 0.0427. The molecule has 2 fully saturated rings. The number of anilines is 1. The molecule has 0 bridgehead atoms. The summed E-state index contributed by atoms with van der Waals surface area (Å²) in [6.45, 7) is 0.